The number of benzene rings is 1. The lowest BCUT2D eigenvalue weighted by atomic mass is 9.33. The Morgan fingerprint density at radius 2 is 1.78 bits per heavy atom. The SMILES string of the molecule is CC1(C)CC2C3=C(c4cccc5cnccc45)CC4C5(C)Cc6c(n[nH]c6N)C(C)(C)C5CCC4(C)C3(C)CCC2[C@H](C(=O)O)C1. The molecule has 3 saturated carbocycles. The van der Waals surface area contributed by atoms with Crippen LogP contribution in [0.3, 0.4) is 0 Å². The van der Waals surface area contributed by atoms with E-state index >= 15 is 0 Å². The van der Waals surface area contributed by atoms with E-state index in [1.165, 1.54) is 46.0 Å². The monoisotopic (exact) mass is 620 g/mol. The van der Waals surface area contributed by atoms with Crippen molar-refractivity contribution in [2.75, 3.05) is 5.73 Å². The average Bonchev–Trinajstić information content (AvgIpc) is 3.36. The second-order valence-corrected chi connectivity index (χ2v) is 18.1. The van der Waals surface area contributed by atoms with Crippen molar-refractivity contribution < 1.29 is 9.90 Å². The number of carboxylic acids is 1. The molecular formula is C40H52N4O2. The summed E-state index contributed by atoms with van der Waals surface area (Å²) in [6.45, 7) is 17.3. The van der Waals surface area contributed by atoms with Gasteiger partial charge in [0.05, 0.1) is 11.6 Å². The molecule has 5 aliphatic carbocycles. The largest absolute Gasteiger partial charge is 0.481 e. The van der Waals surface area contributed by atoms with Crippen molar-refractivity contribution in [3.8, 4) is 0 Å². The number of aliphatic carboxylic acids is 1. The van der Waals surface area contributed by atoms with Crippen LogP contribution < -0.4 is 5.73 Å². The molecule has 1 aromatic carbocycles. The van der Waals surface area contributed by atoms with Gasteiger partial charge in [-0.25, -0.2) is 0 Å². The van der Waals surface area contributed by atoms with Crippen LogP contribution in [0, 0.1) is 51.2 Å². The molecule has 0 aliphatic heterocycles. The van der Waals surface area contributed by atoms with Gasteiger partial charge in [0.1, 0.15) is 5.82 Å². The van der Waals surface area contributed by atoms with Gasteiger partial charge < -0.3 is 10.8 Å². The first kappa shape index (κ1) is 30.2. The standard InChI is InChI=1S/C40H52N4O2/c1-36(2)18-27-25(28(19-36)35(45)46)11-14-40(7)32(27)26(24-10-8-9-22-21-42-16-13-23(22)24)17-31-38(5)20-29-33(43-44-34(29)41)37(3,4)30(38)12-15-39(31,40)6/h8-10,13,16,21,25,27-28,30-31H,11-12,14-15,17-20H2,1-7H3,(H,45,46)(H3,41,43,44)/t25?,27?,28-,30?,31?,38?,39?,40?/m1/s1. The van der Waals surface area contributed by atoms with Crippen LogP contribution in [0.25, 0.3) is 16.3 Å². The fourth-order valence-electron chi connectivity index (χ4n) is 13.1. The van der Waals surface area contributed by atoms with Crippen LogP contribution in [0.2, 0.25) is 0 Å². The number of H-pyrrole nitrogens is 1. The smallest absolute Gasteiger partial charge is 0.306 e. The lowest BCUT2D eigenvalue weighted by Gasteiger charge is -2.70. The molecule has 244 valence electrons. The van der Waals surface area contributed by atoms with Crippen molar-refractivity contribution >= 4 is 28.1 Å². The van der Waals surface area contributed by atoms with E-state index in [0.29, 0.717) is 11.8 Å². The quantitative estimate of drug-likeness (QED) is 0.266. The number of aromatic amines is 1. The molecule has 0 spiro atoms. The van der Waals surface area contributed by atoms with Gasteiger partial charge in [0.15, 0.2) is 0 Å². The molecule has 5 aliphatic rings. The molecule has 6 nitrogen and oxygen atoms in total. The number of allylic oxidation sites excluding steroid dienone is 2. The number of nitrogens with one attached hydrogen (secondary N) is 1. The van der Waals surface area contributed by atoms with Crippen molar-refractivity contribution in [1.82, 2.24) is 15.2 Å². The van der Waals surface area contributed by atoms with E-state index in [4.69, 9.17) is 10.8 Å². The van der Waals surface area contributed by atoms with Crippen LogP contribution in [-0.2, 0) is 16.6 Å². The number of hydrogen-bond donors (Lipinski definition) is 3. The van der Waals surface area contributed by atoms with Crippen molar-refractivity contribution in [3.63, 3.8) is 0 Å². The van der Waals surface area contributed by atoms with E-state index in [1.807, 2.05) is 12.4 Å². The first-order valence-electron chi connectivity index (χ1n) is 17.7. The molecule has 0 saturated heterocycles. The summed E-state index contributed by atoms with van der Waals surface area (Å²) in [7, 11) is 0. The predicted octanol–water partition coefficient (Wildman–Crippen LogP) is 8.82. The van der Waals surface area contributed by atoms with Gasteiger partial charge >= 0.3 is 5.97 Å². The number of hydrogen-bond acceptors (Lipinski definition) is 4. The lowest BCUT2D eigenvalue weighted by Crippen LogP contribution is -2.64. The van der Waals surface area contributed by atoms with E-state index in [9.17, 15) is 9.90 Å². The highest BCUT2D eigenvalue weighted by Gasteiger charge is 2.68. The Bertz CT molecular complexity index is 1800. The zero-order valence-electron chi connectivity index (χ0n) is 28.8. The molecule has 2 aromatic heterocycles. The molecule has 0 amide bonds. The van der Waals surface area contributed by atoms with Gasteiger partial charge in [-0.05, 0) is 119 Å². The Morgan fingerprint density at radius 3 is 2.54 bits per heavy atom. The van der Waals surface area contributed by atoms with Crippen LogP contribution in [-0.4, -0.2) is 26.3 Å². The maximum absolute atomic E-state index is 12.9. The molecular weight excluding hydrogens is 568 g/mol. The molecule has 3 fully saturated rings. The van der Waals surface area contributed by atoms with Crippen molar-refractivity contribution in [1.29, 1.82) is 0 Å². The van der Waals surface area contributed by atoms with Crippen molar-refractivity contribution in [3.05, 3.63) is 59.1 Å². The second-order valence-electron chi connectivity index (χ2n) is 18.1. The second kappa shape index (κ2) is 9.48. The van der Waals surface area contributed by atoms with Crippen LogP contribution in [0.15, 0.2) is 42.2 Å². The zero-order chi connectivity index (χ0) is 32.6. The Balaban J connectivity index is 1.40. The summed E-state index contributed by atoms with van der Waals surface area (Å²) in [5.74, 6) is 1.26. The number of nitrogen functional groups attached to an aromatic ring is 1. The van der Waals surface area contributed by atoms with Crippen molar-refractivity contribution in [2.45, 2.75) is 105 Å². The number of nitrogens with zero attached hydrogens (tertiary/aromatic N) is 2. The van der Waals surface area contributed by atoms with E-state index in [0.717, 1.165) is 44.3 Å². The van der Waals surface area contributed by atoms with Crippen LogP contribution in [0.4, 0.5) is 5.82 Å². The number of aromatic nitrogens is 3. The van der Waals surface area contributed by atoms with Crippen LogP contribution in [0.1, 0.15) is 110 Å². The first-order chi connectivity index (χ1) is 21.6. The maximum atomic E-state index is 12.9. The number of rotatable bonds is 2. The number of fused-ring (bicyclic) bond motifs is 9. The summed E-state index contributed by atoms with van der Waals surface area (Å²) in [4.78, 5) is 17.4. The van der Waals surface area contributed by atoms with Gasteiger partial charge in [0.2, 0.25) is 0 Å². The number of nitrogens with two attached hydrogens (primary N) is 1. The Hall–Kier alpha value is -3.15. The molecule has 8 atom stereocenters. The molecule has 3 aromatic rings. The first-order valence-corrected chi connectivity index (χ1v) is 17.7. The normalized spacial score (nSPS) is 39.1. The van der Waals surface area contributed by atoms with Crippen molar-refractivity contribution in [2.24, 2.45) is 51.2 Å². The van der Waals surface area contributed by atoms with Gasteiger partial charge in [0.25, 0.3) is 0 Å². The van der Waals surface area contributed by atoms with Gasteiger partial charge in [-0.15, -0.1) is 0 Å². The zero-order valence-corrected chi connectivity index (χ0v) is 28.8. The third kappa shape index (κ3) is 3.79. The van der Waals surface area contributed by atoms with Crippen LogP contribution >= 0.6 is 0 Å². The fourth-order valence-corrected chi connectivity index (χ4v) is 13.1. The highest BCUT2D eigenvalue weighted by molar-refractivity contribution is 5.94. The number of pyridine rings is 1. The number of carbonyl (C=O) groups is 1. The highest BCUT2D eigenvalue weighted by Crippen LogP contribution is 2.76. The third-order valence-electron chi connectivity index (χ3n) is 15.1. The number of carboxylic acid groups (broad SMARTS) is 1. The Kier molecular flexibility index (Phi) is 6.22. The third-order valence-corrected chi connectivity index (χ3v) is 15.1. The minimum atomic E-state index is -0.601. The van der Waals surface area contributed by atoms with Gasteiger partial charge in [-0.2, -0.15) is 5.10 Å². The van der Waals surface area contributed by atoms with E-state index < -0.39 is 5.97 Å². The lowest BCUT2D eigenvalue weighted by molar-refractivity contribution is -0.161. The molecule has 4 N–H and O–H groups in total. The fraction of sp³-hybridized carbons (Fsp3) is 0.625. The molecule has 0 radical (unpaired) electrons. The molecule has 8 rings (SSSR count). The number of anilines is 1. The Labute approximate surface area is 274 Å². The maximum Gasteiger partial charge on any atom is 0.306 e. The van der Waals surface area contributed by atoms with E-state index in [1.54, 1.807) is 5.57 Å². The summed E-state index contributed by atoms with van der Waals surface area (Å²) >= 11 is 0. The molecule has 2 heterocycles. The van der Waals surface area contributed by atoms with E-state index in [2.05, 4.69) is 82.8 Å². The summed E-state index contributed by atoms with van der Waals surface area (Å²) in [6, 6.07) is 8.93. The van der Waals surface area contributed by atoms with Gasteiger partial charge in [0, 0.05) is 28.8 Å². The molecule has 6 heteroatoms. The molecule has 7 unspecified atom stereocenters. The van der Waals surface area contributed by atoms with Gasteiger partial charge in [-0.3, -0.25) is 14.9 Å². The summed E-state index contributed by atoms with van der Waals surface area (Å²) in [5, 5.41) is 21.0. The van der Waals surface area contributed by atoms with E-state index in [-0.39, 0.29) is 44.8 Å². The van der Waals surface area contributed by atoms with Gasteiger partial charge in [-0.1, -0.05) is 72.2 Å². The minimum Gasteiger partial charge on any atom is -0.481 e. The molecule has 46 heavy (non-hydrogen) atoms. The van der Waals surface area contributed by atoms with Crippen LogP contribution in [0.5, 0.6) is 0 Å². The minimum absolute atomic E-state index is 0.0206. The summed E-state index contributed by atoms with van der Waals surface area (Å²) < 4.78 is 0. The predicted molar refractivity (Wildman–Crippen MR) is 184 cm³/mol. The molecule has 0 bridgehead atoms. The average molecular weight is 621 g/mol. The summed E-state index contributed by atoms with van der Waals surface area (Å²) in [5.41, 5.74) is 13.5. The summed E-state index contributed by atoms with van der Waals surface area (Å²) in [6.07, 6.45) is 12.1. The topological polar surface area (TPSA) is 105 Å². The Morgan fingerprint density at radius 1 is 1.00 bits per heavy atom. The highest BCUT2D eigenvalue weighted by atomic mass is 16.4.